The van der Waals surface area contributed by atoms with Crippen molar-refractivity contribution in [2.75, 3.05) is 13.2 Å². The van der Waals surface area contributed by atoms with Crippen molar-refractivity contribution in [3.05, 3.63) is 89.0 Å². The molecule has 0 N–H and O–H groups in total. The quantitative estimate of drug-likeness (QED) is 0.295. The van der Waals surface area contributed by atoms with Gasteiger partial charge in [-0.3, -0.25) is 0 Å². The molecule has 0 aromatic heterocycles. The van der Waals surface area contributed by atoms with Crippen LogP contribution in [0.3, 0.4) is 0 Å². The summed E-state index contributed by atoms with van der Waals surface area (Å²) in [4.78, 5) is 0. The highest BCUT2D eigenvalue weighted by Gasteiger charge is 2.39. The SMILES string of the molecule is C=Cc1ccc(-c2ccc(C3CCC(OCC4=CCC(C5CO5)C(F)=C4F)CC3)c(F)c2F)cc1. The van der Waals surface area contributed by atoms with Gasteiger partial charge in [0.25, 0.3) is 0 Å². The highest BCUT2D eigenvalue weighted by Crippen LogP contribution is 2.40. The molecular weight excluding hydrogens is 456 g/mol. The topological polar surface area (TPSA) is 21.8 Å². The first-order chi connectivity index (χ1) is 17.0. The second-order valence-corrected chi connectivity index (χ2v) is 9.55. The first kappa shape index (κ1) is 24.0. The van der Waals surface area contributed by atoms with Gasteiger partial charge < -0.3 is 9.47 Å². The molecule has 0 amide bonds. The third kappa shape index (κ3) is 5.00. The molecule has 1 aliphatic heterocycles. The van der Waals surface area contributed by atoms with E-state index >= 15 is 4.39 Å². The molecule has 0 radical (unpaired) electrons. The van der Waals surface area contributed by atoms with Gasteiger partial charge in [0.1, 0.15) is 5.83 Å². The number of halogens is 4. The van der Waals surface area contributed by atoms with E-state index in [0.717, 1.165) is 5.56 Å². The third-order valence-corrected chi connectivity index (χ3v) is 7.40. The number of hydrogen-bond acceptors (Lipinski definition) is 2. The van der Waals surface area contributed by atoms with Crippen molar-refractivity contribution in [1.82, 2.24) is 0 Å². The molecule has 2 fully saturated rings. The monoisotopic (exact) mass is 484 g/mol. The number of ether oxygens (including phenoxy) is 2. The standard InChI is InChI=1S/C29H28F4O2/c1-2-17-3-5-18(6-4-17)22-13-14-23(28(32)27(22)31)19-7-10-21(11-8-19)34-15-20-9-12-24(25-16-35-25)29(33)26(20)30/h2-6,9,13-14,19,21,24-25H,1,7-8,10-12,15-16H2. The van der Waals surface area contributed by atoms with E-state index in [-0.39, 0.29) is 35.9 Å². The lowest BCUT2D eigenvalue weighted by atomic mass is 9.82. The van der Waals surface area contributed by atoms with E-state index in [1.807, 2.05) is 12.1 Å². The highest BCUT2D eigenvalue weighted by atomic mass is 19.2. The summed E-state index contributed by atoms with van der Waals surface area (Å²) >= 11 is 0. The predicted molar refractivity (Wildman–Crippen MR) is 128 cm³/mol. The smallest absolute Gasteiger partial charge is 0.166 e. The van der Waals surface area contributed by atoms with Gasteiger partial charge in [-0.05, 0) is 54.7 Å². The molecule has 3 aliphatic rings. The first-order valence-electron chi connectivity index (χ1n) is 12.1. The maximum absolute atomic E-state index is 15.0. The summed E-state index contributed by atoms with van der Waals surface area (Å²) in [6.45, 7) is 4.19. The number of epoxide rings is 1. The molecular formula is C29H28F4O2. The molecule has 5 rings (SSSR count). The summed E-state index contributed by atoms with van der Waals surface area (Å²) in [5.41, 5.74) is 2.38. The van der Waals surface area contributed by atoms with Crippen LogP contribution in [0.15, 0.2) is 66.3 Å². The zero-order chi connectivity index (χ0) is 24.5. The summed E-state index contributed by atoms with van der Waals surface area (Å²) in [6.07, 6.45) is 6.04. The zero-order valence-corrected chi connectivity index (χ0v) is 19.4. The van der Waals surface area contributed by atoms with Crippen LogP contribution in [0.4, 0.5) is 17.6 Å². The Morgan fingerprint density at radius 2 is 1.66 bits per heavy atom. The summed E-state index contributed by atoms with van der Waals surface area (Å²) in [5.74, 6) is -3.84. The fraction of sp³-hybridized carbons (Fsp3) is 0.379. The minimum absolute atomic E-state index is 0.00909. The van der Waals surface area contributed by atoms with Crippen LogP contribution < -0.4 is 0 Å². The van der Waals surface area contributed by atoms with Crippen molar-refractivity contribution in [2.24, 2.45) is 5.92 Å². The molecule has 0 bridgehead atoms. The molecule has 6 heteroatoms. The highest BCUT2D eigenvalue weighted by molar-refractivity contribution is 5.66. The van der Waals surface area contributed by atoms with Crippen LogP contribution in [0.25, 0.3) is 17.2 Å². The minimum Gasteiger partial charge on any atom is -0.373 e. The van der Waals surface area contributed by atoms with E-state index in [9.17, 15) is 13.2 Å². The summed E-state index contributed by atoms with van der Waals surface area (Å²) in [6, 6.07) is 10.4. The lowest BCUT2D eigenvalue weighted by molar-refractivity contribution is 0.0374. The van der Waals surface area contributed by atoms with Gasteiger partial charge >= 0.3 is 0 Å². The Balaban J connectivity index is 1.18. The lowest BCUT2D eigenvalue weighted by Gasteiger charge is -2.30. The van der Waals surface area contributed by atoms with Gasteiger partial charge in [0.15, 0.2) is 17.5 Å². The third-order valence-electron chi connectivity index (χ3n) is 7.40. The Hall–Kier alpha value is -2.70. The Kier molecular flexibility index (Phi) is 6.94. The van der Waals surface area contributed by atoms with E-state index in [1.54, 1.807) is 36.4 Å². The maximum atomic E-state index is 15.0. The van der Waals surface area contributed by atoms with Crippen LogP contribution in [0.1, 0.15) is 49.1 Å². The molecule has 2 aliphatic carbocycles. The van der Waals surface area contributed by atoms with Crippen LogP contribution >= 0.6 is 0 Å². The minimum atomic E-state index is -0.837. The molecule has 2 nitrogen and oxygen atoms in total. The number of hydrogen-bond donors (Lipinski definition) is 0. The van der Waals surface area contributed by atoms with E-state index in [1.165, 1.54) is 0 Å². The van der Waals surface area contributed by atoms with E-state index in [2.05, 4.69) is 6.58 Å². The predicted octanol–water partition coefficient (Wildman–Crippen LogP) is 7.81. The van der Waals surface area contributed by atoms with Crippen LogP contribution in [-0.2, 0) is 9.47 Å². The number of benzene rings is 2. The zero-order valence-electron chi connectivity index (χ0n) is 19.4. The fourth-order valence-corrected chi connectivity index (χ4v) is 5.15. The second kappa shape index (κ2) is 10.1. The van der Waals surface area contributed by atoms with Crippen molar-refractivity contribution >= 4 is 6.08 Å². The molecule has 184 valence electrons. The van der Waals surface area contributed by atoms with E-state index in [4.69, 9.17) is 9.47 Å². The normalized spacial score (nSPS) is 26.5. The molecule has 35 heavy (non-hydrogen) atoms. The lowest BCUT2D eigenvalue weighted by Crippen LogP contribution is -2.23. The van der Waals surface area contributed by atoms with E-state index < -0.39 is 29.2 Å². The second-order valence-electron chi connectivity index (χ2n) is 9.55. The number of rotatable bonds is 7. The van der Waals surface area contributed by atoms with Gasteiger partial charge in [0.2, 0.25) is 0 Å². The van der Waals surface area contributed by atoms with Crippen molar-refractivity contribution in [2.45, 2.75) is 50.2 Å². The average molecular weight is 485 g/mol. The van der Waals surface area contributed by atoms with Gasteiger partial charge in [-0.25, -0.2) is 17.6 Å². The Morgan fingerprint density at radius 3 is 2.31 bits per heavy atom. The molecule has 1 saturated carbocycles. The summed E-state index contributed by atoms with van der Waals surface area (Å²) in [5, 5.41) is 0. The molecule has 2 atom stereocenters. The summed E-state index contributed by atoms with van der Waals surface area (Å²) < 4.78 is 69.6. The van der Waals surface area contributed by atoms with Crippen LogP contribution in [0, 0.1) is 17.6 Å². The van der Waals surface area contributed by atoms with Crippen molar-refractivity contribution in [3.63, 3.8) is 0 Å². The van der Waals surface area contributed by atoms with Crippen molar-refractivity contribution in [3.8, 4) is 11.1 Å². The van der Waals surface area contributed by atoms with E-state index in [0.29, 0.717) is 49.8 Å². The van der Waals surface area contributed by atoms with Gasteiger partial charge in [-0.2, -0.15) is 0 Å². The molecule has 2 unspecified atom stereocenters. The van der Waals surface area contributed by atoms with Gasteiger partial charge in [-0.1, -0.05) is 55.1 Å². The molecule has 2 aromatic rings. The maximum Gasteiger partial charge on any atom is 0.166 e. The van der Waals surface area contributed by atoms with Crippen LogP contribution in [-0.4, -0.2) is 25.4 Å². The molecule has 0 spiro atoms. The van der Waals surface area contributed by atoms with Crippen molar-refractivity contribution < 1.29 is 27.0 Å². The largest absolute Gasteiger partial charge is 0.373 e. The Morgan fingerprint density at radius 1 is 0.943 bits per heavy atom. The summed E-state index contributed by atoms with van der Waals surface area (Å²) in [7, 11) is 0. The van der Waals surface area contributed by atoms with Gasteiger partial charge in [0, 0.05) is 17.1 Å². The molecule has 1 heterocycles. The molecule has 2 aromatic carbocycles. The average Bonchev–Trinajstić information content (AvgIpc) is 3.72. The molecule has 1 saturated heterocycles. The Labute approximate surface area is 202 Å². The van der Waals surface area contributed by atoms with Crippen LogP contribution in [0.2, 0.25) is 0 Å². The van der Waals surface area contributed by atoms with Crippen LogP contribution in [0.5, 0.6) is 0 Å². The van der Waals surface area contributed by atoms with Gasteiger partial charge in [-0.15, -0.1) is 0 Å². The van der Waals surface area contributed by atoms with Gasteiger partial charge in [0.05, 0.1) is 25.4 Å². The van der Waals surface area contributed by atoms with Crippen molar-refractivity contribution in [1.29, 1.82) is 0 Å². The fourth-order valence-electron chi connectivity index (χ4n) is 5.15. The first-order valence-corrected chi connectivity index (χ1v) is 12.1. The Bertz CT molecular complexity index is 1160. The number of allylic oxidation sites excluding steroid dienone is 1.